The van der Waals surface area contributed by atoms with Gasteiger partial charge in [-0.3, -0.25) is 9.59 Å². The maximum Gasteiger partial charge on any atom is 0.273 e. The molecule has 3 rings (SSSR count). The lowest BCUT2D eigenvalue weighted by Crippen LogP contribution is -2.29. The molecule has 0 spiro atoms. The summed E-state index contributed by atoms with van der Waals surface area (Å²) >= 11 is 6.11. The van der Waals surface area contributed by atoms with Gasteiger partial charge in [0.1, 0.15) is 18.1 Å². The molecule has 0 radical (unpaired) electrons. The Labute approximate surface area is 173 Å². The van der Waals surface area contributed by atoms with E-state index in [9.17, 15) is 9.59 Å². The first-order valence-electron chi connectivity index (χ1n) is 9.20. The highest BCUT2D eigenvalue weighted by molar-refractivity contribution is 6.31. The lowest BCUT2D eigenvalue weighted by atomic mass is 10.1. The number of ether oxygens (including phenoxy) is 1. The van der Waals surface area contributed by atoms with Gasteiger partial charge >= 0.3 is 0 Å². The number of hydrogen-bond acceptors (Lipinski definition) is 5. The highest BCUT2D eigenvalue weighted by Gasteiger charge is 2.10. The predicted molar refractivity (Wildman–Crippen MR) is 111 cm³/mol. The largest absolute Gasteiger partial charge is 0.492 e. The fourth-order valence-corrected chi connectivity index (χ4v) is 2.77. The average molecular weight is 413 g/mol. The first-order chi connectivity index (χ1) is 14.0. The number of carbonyl (C=O) groups excluding carboxylic acids is 1. The monoisotopic (exact) mass is 412 g/mol. The molecule has 0 bridgehead atoms. The third kappa shape index (κ3) is 5.89. The van der Waals surface area contributed by atoms with Gasteiger partial charge in [0.25, 0.3) is 5.56 Å². The lowest BCUT2D eigenvalue weighted by Gasteiger charge is -2.07. The van der Waals surface area contributed by atoms with Gasteiger partial charge in [-0.1, -0.05) is 41.9 Å². The highest BCUT2D eigenvalue weighted by atomic mass is 35.5. The molecule has 0 fully saturated rings. The van der Waals surface area contributed by atoms with Crippen molar-refractivity contribution in [2.45, 2.75) is 19.8 Å². The molecule has 3 aromatic rings. The van der Waals surface area contributed by atoms with E-state index in [2.05, 4.69) is 20.5 Å². The number of carbonyl (C=O) groups is 1. The Hall–Kier alpha value is -3.19. The number of nitrogens with one attached hydrogen (secondary N) is 2. The maximum atomic E-state index is 12.3. The van der Waals surface area contributed by atoms with E-state index in [0.29, 0.717) is 29.6 Å². The van der Waals surface area contributed by atoms with Crippen LogP contribution in [0.15, 0.2) is 53.3 Å². The molecule has 1 aromatic heterocycles. The smallest absolute Gasteiger partial charge is 0.273 e. The minimum absolute atomic E-state index is 0.138. The number of amides is 1. The van der Waals surface area contributed by atoms with E-state index in [1.54, 1.807) is 6.07 Å². The van der Waals surface area contributed by atoms with Crippen molar-refractivity contribution in [2.24, 2.45) is 0 Å². The topological polar surface area (TPSA) is 97.0 Å². The molecule has 7 nitrogen and oxygen atoms in total. The van der Waals surface area contributed by atoms with Crippen molar-refractivity contribution in [1.82, 2.24) is 20.5 Å². The number of rotatable bonds is 8. The van der Waals surface area contributed by atoms with Crippen molar-refractivity contribution < 1.29 is 9.53 Å². The van der Waals surface area contributed by atoms with Crippen LogP contribution < -0.4 is 15.6 Å². The molecule has 2 aromatic carbocycles. The van der Waals surface area contributed by atoms with Crippen LogP contribution in [0.25, 0.3) is 11.4 Å². The number of aromatic amines is 1. The van der Waals surface area contributed by atoms with Gasteiger partial charge in [0.15, 0.2) is 5.82 Å². The van der Waals surface area contributed by atoms with Crippen LogP contribution in [0.1, 0.15) is 17.7 Å². The van der Waals surface area contributed by atoms with Crippen LogP contribution in [0.4, 0.5) is 0 Å². The molecule has 0 saturated carbocycles. The Kier molecular flexibility index (Phi) is 6.97. The zero-order valence-corrected chi connectivity index (χ0v) is 16.7. The van der Waals surface area contributed by atoms with Crippen molar-refractivity contribution in [2.75, 3.05) is 13.2 Å². The first kappa shape index (κ1) is 20.5. The zero-order chi connectivity index (χ0) is 20.6. The molecule has 150 valence electrons. The fourth-order valence-electron chi connectivity index (χ4n) is 2.59. The van der Waals surface area contributed by atoms with E-state index >= 15 is 0 Å². The summed E-state index contributed by atoms with van der Waals surface area (Å²) in [7, 11) is 0. The van der Waals surface area contributed by atoms with Gasteiger partial charge in [0.05, 0.1) is 6.54 Å². The molecule has 29 heavy (non-hydrogen) atoms. The Morgan fingerprint density at radius 2 is 1.97 bits per heavy atom. The van der Waals surface area contributed by atoms with E-state index in [0.717, 1.165) is 11.3 Å². The molecule has 0 unspecified atom stereocenters. The second-order valence-corrected chi connectivity index (χ2v) is 6.83. The van der Waals surface area contributed by atoms with Crippen LogP contribution in [-0.2, 0) is 11.2 Å². The molecule has 2 N–H and O–H groups in total. The van der Waals surface area contributed by atoms with Crippen LogP contribution in [0.3, 0.4) is 0 Å². The van der Waals surface area contributed by atoms with Crippen LogP contribution in [0.2, 0.25) is 5.02 Å². The Morgan fingerprint density at radius 3 is 2.69 bits per heavy atom. The minimum atomic E-state index is -0.369. The van der Waals surface area contributed by atoms with Crippen molar-refractivity contribution in [1.29, 1.82) is 0 Å². The van der Waals surface area contributed by atoms with Crippen molar-refractivity contribution in [3.05, 3.63) is 75.2 Å². The molecule has 0 aliphatic heterocycles. The van der Waals surface area contributed by atoms with Gasteiger partial charge in [0, 0.05) is 23.4 Å². The number of halogens is 1. The highest BCUT2D eigenvalue weighted by Crippen LogP contribution is 2.21. The number of aromatic nitrogens is 3. The quantitative estimate of drug-likeness (QED) is 0.554. The number of H-pyrrole nitrogens is 1. The normalized spacial score (nSPS) is 10.6. The van der Waals surface area contributed by atoms with Gasteiger partial charge in [-0.15, -0.1) is 10.2 Å². The van der Waals surface area contributed by atoms with Crippen LogP contribution >= 0.6 is 11.6 Å². The van der Waals surface area contributed by atoms with Crippen LogP contribution in [0, 0.1) is 6.92 Å². The Balaban J connectivity index is 1.48. The van der Waals surface area contributed by atoms with Gasteiger partial charge in [-0.05, 0) is 30.7 Å². The number of para-hydroxylation sites is 1. The summed E-state index contributed by atoms with van der Waals surface area (Å²) in [6.45, 7) is 2.63. The molecular formula is C21H21ClN4O3. The van der Waals surface area contributed by atoms with E-state index in [4.69, 9.17) is 16.3 Å². The molecule has 1 amide bonds. The first-order valence-corrected chi connectivity index (χ1v) is 9.57. The second-order valence-electron chi connectivity index (χ2n) is 6.42. The molecule has 0 aliphatic rings. The summed E-state index contributed by atoms with van der Waals surface area (Å²) in [4.78, 5) is 26.9. The molecule has 1 heterocycles. The summed E-state index contributed by atoms with van der Waals surface area (Å²) < 4.78 is 5.51. The number of nitrogens with zero attached hydrogens (tertiary/aromatic N) is 2. The van der Waals surface area contributed by atoms with Gasteiger partial charge < -0.3 is 15.0 Å². The summed E-state index contributed by atoms with van der Waals surface area (Å²) in [5.41, 5.74) is 1.45. The standard InChI is InChI=1S/C21H21ClN4O3/c1-14-7-8-15(13-17(14)22)20-24-21(28)18(25-26-20)9-10-19(27)23-11-12-29-16-5-3-2-4-6-16/h2-8,13H,9-12H2,1H3,(H,23,27)(H,24,26,28). The van der Waals surface area contributed by atoms with E-state index in [-0.39, 0.29) is 30.0 Å². The molecule has 0 atom stereocenters. The number of benzene rings is 2. The Morgan fingerprint density at radius 1 is 1.17 bits per heavy atom. The van der Waals surface area contributed by atoms with E-state index < -0.39 is 0 Å². The lowest BCUT2D eigenvalue weighted by molar-refractivity contribution is -0.121. The SMILES string of the molecule is Cc1ccc(-c2nnc(CCC(=O)NCCOc3ccccc3)c(=O)[nH]2)cc1Cl. The molecular weight excluding hydrogens is 392 g/mol. The van der Waals surface area contributed by atoms with E-state index in [1.807, 2.05) is 49.4 Å². The minimum Gasteiger partial charge on any atom is -0.492 e. The van der Waals surface area contributed by atoms with Gasteiger partial charge in [-0.2, -0.15) is 0 Å². The fraction of sp³-hybridized carbons (Fsp3) is 0.238. The van der Waals surface area contributed by atoms with Gasteiger partial charge in [-0.25, -0.2) is 0 Å². The summed E-state index contributed by atoms with van der Waals surface area (Å²) in [6, 6.07) is 14.7. The van der Waals surface area contributed by atoms with Crippen molar-refractivity contribution in [3.8, 4) is 17.1 Å². The van der Waals surface area contributed by atoms with E-state index in [1.165, 1.54) is 0 Å². The molecule has 0 saturated heterocycles. The second kappa shape index (κ2) is 9.84. The molecule has 0 aliphatic carbocycles. The Bertz CT molecular complexity index is 1040. The predicted octanol–water partition coefficient (Wildman–Crippen LogP) is 2.92. The number of hydrogen-bond donors (Lipinski definition) is 2. The molecule has 8 heteroatoms. The third-order valence-corrected chi connectivity index (χ3v) is 4.64. The average Bonchev–Trinajstić information content (AvgIpc) is 2.73. The van der Waals surface area contributed by atoms with Crippen molar-refractivity contribution in [3.63, 3.8) is 0 Å². The number of aryl methyl sites for hydroxylation is 2. The maximum absolute atomic E-state index is 12.3. The third-order valence-electron chi connectivity index (χ3n) is 4.24. The van der Waals surface area contributed by atoms with Crippen LogP contribution in [-0.4, -0.2) is 34.2 Å². The zero-order valence-electron chi connectivity index (χ0n) is 15.9. The summed E-state index contributed by atoms with van der Waals surface area (Å²) in [5, 5.41) is 11.4. The summed E-state index contributed by atoms with van der Waals surface area (Å²) in [5.74, 6) is 0.902. The van der Waals surface area contributed by atoms with Gasteiger partial charge in [0.2, 0.25) is 5.91 Å². The van der Waals surface area contributed by atoms with Crippen LogP contribution in [0.5, 0.6) is 5.75 Å². The summed E-state index contributed by atoms with van der Waals surface area (Å²) in [6.07, 6.45) is 0.335. The van der Waals surface area contributed by atoms with Crippen molar-refractivity contribution >= 4 is 17.5 Å².